The Labute approximate surface area is 139 Å². The normalized spacial score (nSPS) is 11.6. The minimum absolute atomic E-state index is 0.0737. The Kier molecular flexibility index (Phi) is 2.66. The number of rotatable bonds is 2. The van der Waals surface area contributed by atoms with Gasteiger partial charge in [-0.25, -0.2) is 9.37 Å². The van der Waals surface area contributed by atoms with E-state index in [2.05, 4.69) is 25.3 Å². The summed E-state index contributed by atoms with van der Waals surface area (Å²) < 4.78 is 20.3. The van der Waals surface area contributed by atoms with E-state index in [1.165, 1.54) is 23.1 Å². The van der Waals surface area contributed by atoms with Crippen molar-refractivity contribution in [3.8, 4) is 17.3 Å². The molecule has 4 aromatic heterocycles. The van der Waals surface area contributed by atoms with Gasteiger partial charge in [0, 0.05) is 10.9 Å². The van der Waals surface area contributed by atoms with Gasteiger partial charge in [-0.2, -0.15) is 9.67 Å². The highest BCUT2D eigenvalue weighted by atomic mass is 19.1. The van der Waals surface area contributed by atoms with Crippen LogP contribution in [-0.2, 0) is 0 Å². The van der Waals surface area contributed by atoms with Crippen molar-refractivity contribution in [1.29, 1.82) is 0 Å². The number of benzene rings is 1. The van der Waals surface area contributed by atoms with Crippen molar-refractivity contribution in [3.63, 3.8) is 0 Å². The van der Waals surface area contributed by atoms with E-state index >= 15 is 0 Å². The predicted octanol–water partition coefficient (Wildman–Crippen LogP) is 2.67. The van der Waals surface area contributed by atoms with Crippen molar-refractivity contribution in [2.24, 2.45) is 0 Å². The van der Waals surface area contributed by atoms with Gasteiger partial charge in [0.2, 0.25) is 5.95 Å². The Bertz CT molecular complexity index is 1220. The van der Waals surface area contributed by atoms with E-state index < -0.39 is 0 Å². The molecule has 4 heterocycles. The van der Waals surface area contributed by atoms with Crippen LogP contribution in [0, 0.1) is 5.82 Å². The second-order valence-corrected chi connectivity index (χ2v) is 5.47. The van der Waals surface area contributed by atoms with Crippen LogP contribution < -0.4 is 5.73 Å². The van der Waals surface area contributed by atoms with E-state index in [1.54, 1.807) is 24.3 Å². The van der Waals surface area contributed by atoms with Crippen LogP contribution in [0.4, 0.5) is 10.3 Å². The summed E-state index contributed by atoms with van der Waals surface area (Å²) in [4.78, 5) is 11.6. The number of nitrogens with two attached hydrogens (primary N) is 1. The first-order valence-corrected chi connectivity index (χ1v) is 7.40. The second kappa shape index (κ2) is 4.87. The van der Waals surface area contributed by atoms with Crippen LogP contribution in [0.2, 0.25) is 0 Å². The van der Waals surface area contributed by atoms with Crippen LogP contribution in [-0.4, -0.2) is 29.9 Å². The predicted molar refractivity (Wildman–Crippen MR) is 88.4 cm³/mol. The van der Waals surface area contributed by atoms with E-state index in [-0.39, 0.29) is 11.8 Å². The standard InChI is InChI=1S/C16H10FN7O/c17-9-3-4-10-8(6-9)7-12(19-10)24-15-14(22-23-24)13(20-16(18)21-15)11-2-1-5-25-11/h1-7,19H,(H2,18,20,21). The lowest BCUT2D eigenvalue weighted by Crippen LogP contribution is -2.02. The highest BCUT2D eigenvalue weighted by molar-refractivity contribution is 5.88. The van der Waals surface area contributed by atoms with Gasteiger partial charge in [0.05, 0.1) is 6.26 Å². The molecule has 5 rings (SSSR count). The highest BCUT2D eigenvalue weighted by Crippen LogP contribution is 2.27. The maximum Gasteiger partial charge on any atom is 0.222 e. The van der Waals surface area contributed by atoms with Crippen molar-refractivity contribution in [1.82, 2.24) is 29.9 Å². The molecule has 0 atom stereocenters. The first-order chi connectivity index (χ1) is 12.2. The summed E-state index contributed by atoms with van der Waals surface area (Å²) in [6.45, 7) is 0. The van der Waals surface area contributed by atoms with Crippen molar-refractivity contribution in [3.05, 3.63) is 48.5 Å². The first kappa shape index (κ1) is 13.7. The minimum Gasteiger partial charge on any atom is -0.463 e. The molecule has 0 amide bonds. The third-order valence-corrected chi connectivity index (χ3v) is 3.87. The summed E-state index contributed by atoms with van der Waals surface area (Å²) in [6.07, 6.45) is 1.54. The summed E-state index contributed by atoms with van der Waals surface area (Å²) in [5, 5.41) is 9.01. The van der Waals surface area contributed by atoms with Gasteiger partial charge in [0.25, 0.3) is 0 Å². The topological polar surface area (TPSA) is 111 Å². The molecule has 0 aliphatic rings. The molecule has 25 heavy (non-hydrogen) atoms. The molecule has 9 heteroatoms. The average molecular weight is 335 g/mol. The van der Waals surface area contributed by atoms with Gasteiger partial charge in [0.1, 0.15) is 17.3 Å². The lowest BCUT2D eigenvalue weighted by atomic mass is 10.2. The molecule has 0 unspecified atom stereocenters. The van der Waals surface area contributed by atoms with Gasteiger partial charge in [-0.1, -0.05) is 5.21 Å². The second-order valence-electron chi connectivity index (χ2n) is 5.47. The fourth-order valence-corrected chi connectivity index (χ4v) is 2.78. The number of aromatic amines is 1. The number of nitrogens with one attached hydrogen (secondary N) is 1. The van der Waals surface area contributed by atoms with Gasteiger partial charge in [-0.15, -0.1) is 5.10 Å². The van der Waals surface area contributed by atoms with E-state index in [1.807, 2.05) is 0 Å². The molecule has 0 spiro atoms. The van der Waals surface area contributed by atoms with Crippen LogP contribution in [0.5, 0.6) is 0 Å². The Hall–Kier alpha value is -3.75. The number of fused-ring (bicyclic) bond motifs is 2. The molecule has 1 aromatic carbocycles. The average Bonchev–Trinajstić information content (AvgIpc) is 3.32. The van der Waals surface area contributed by atoms with Gasteiger partial charge < -0.3 is 15.1 Å². The van der Waals surface area contributed by atoms with Gasteiger partial charge in [-0.05, 0) is 36.4 Å². The largest absolute Gasteiger partial charge is 0.463 e. The third-order valence-electron chi connectivity index (χ3n) is 3.87. The number of nitrogens with zero attached hydrogens (tertiary/aromatic N) is 5. The Balaban J connectivity index is 1.76. The van der Waals surface area contributed by atoms with Crippen LogP contribution in [0.3, 0.4) is 0 Å². The number of halogens is 1. The first-order valence-electron chi connectivity index (χ1n) is 7.40. The van der Waals surface area contributed by atoms with E-state index in [4.69, 9.17) is 10.2 Å². The lowest BCUT2D eigenvalue weighted by Gasteiger charge is -2.01. The molecular formula is C16H10FN7O. The maximum absolute atomic E-state index is 13.4. The summed E-state index contributed by atoms with van der Waals surface area (Å²) >= 11 is 0. The third kappa shape index (κ3) is 2.06. The van der Waals surface area contributed by atoms with Crippen molar-refractivity contribution in [2.45, 2.75) is 0 Å². The molecule has 0 saturated heterocycles. The molecule has 0 bridgehead atoms. The monoisotopic (exact) mass is 335 g/mol. The molecule has 5 aromatic rings. The number of furan rings is 1. The quantitative estimate of drug-likeness (QED) is 0.513. The molecule has 0 radical (unpaired) electrons. The van der Waals surface area contributed by atoms with Gasteiger partial charge in [0.15, 0.2) is 16.9 Å². The molecule has 3 N–H and O–H groups in total. The molecule has 0 fully saturated rings. The molecular weight excluding hydrogens is 325 g/mol. The lowest BCUT2D eigenvalue weighted by molar-refractivity contribution is 0.580. The Morgan fingerprint density at radius 3 is 2.92 bits per heavy atom. The molecule has 122 valence electrons. The fraction of sp³-hybridized carbons (Fsp3) is 0. The molecule has 0 saturated carbocycles. The SMILES string of the molecule is Nc1nc(-c2ccco2)c2nnn(-c3cc4cc(F)ccc4[nH]3)c2n1. The van der Waals surface area contributed by atoms with Crippen LogP contribution >= 0.6 is 0 Å². The molecule has 0 aliphatic carbocycles. The smallest absolute Gasteiger partial charge is 0.222 e. The van der Waals surface area contributed by atoms with Crippen molar-refractivity contribution >= 4 is 28.0 Å². The Morgan fingerprint density at radius 1 is 1.16 bits per heavy atom. The summed E-state index contributed by atoms with van der Waals surface area (Å²) in [5.74, 6) is 0.870. The number of hydrogen-bond acceptors (Lipinski definition) is 6. The zero-order valence-electron chi connectivity index (χ0n) is 12.6. The molecule has 0 aliphatic heterocycles. The van der Waals surface area contributed by atoms with E-state index in [0.29, 0.717) is 33.8 Å². The Morgan fingerprint density at radius 2 is 2.08 bits per heavy atom. The van der Waals surface area contributed by atoms with Crippen LogP contribution in [0.1, 0.15) is 0 Å². The summed E-state index contributed by atoms with van der Waals surface area (Å²) in [6, 6.07) is 9.74. The van der Waals surface area contributed by atoms with Crippen LogP contribution in [0.25, 0.3) is 39.3 Å². The fourth-order valence-electron chi connectivity index (χ4n) is 2.78. The van der Waals surface area contributed by atoms with Gasteiger partial charge in [-0.3, -0.25) is 0 Å². The van der Waals surface area contributed by atoms with Crippen molar-refractivity contribution < 1.29 is 8.81 Å². The van der Waals surface area contributed by atoms with E-state index in [9.17, 15) is 4.39 Å². The van der Waals surface area contributed by atoms with Crippen molar-refractivity contribution in [2.75, 3.05) is 5.73 Å². The maximum atomic E-state index is 13.4. The minimum atomic E-state index is -0.312. The summed E-state index contributed by atoms with van der Waals surface area (Å²) in [7, 11) is 0. The van der Waals surface area contributed by atoms with Gasteiger partial charge >= 0.3 is 0 Å². The summed E-state index contributed by atoms with van der Waals surface area (Å²) in [5.41, 5.74) is 7.95. The van der Waals surface area contributed by atoms with Crippen LogP contribution in [0.15, 0.2) is 47.1 Å². The molecule has 8 nitrogen and oxygen atoms in total. The van der Waals surface area contributed by atoms with E-state index in [0.717, 1.165) is 5.52 Å². The number of anilines is 1. The number of aromatic nitrogens is 6. The number of H-pyrrole nitrogens is 1. The number of hydrogen-bond donors (Lipinski definition) is 2. The highest BCUT2D eigenvalue weighted by Gasteiger charge is 2.18. The number of nitrogen functional groups attached to an aromatic ring is 1. The zero-order valence-corrected chi connectivity index (χ0v) is 12.6. The zero-order chi connectivity index (χ0) is 17.0.